The Morgan fingerprint density at radius 3 is 2.03 bits per heavy atom. The Balaban J connectivity index is 1.57. The van der Waals surface area contributed by atoms with Gasteiger partial charge in [0.05, 0.1) is 16.8 Å². The van der Waals surface area contributed by atoms with Crippen molar-refractivity contribution in [3.05, 3.63) is 54.6 Å². The Labute approximate surface area is 189 Å². The quantitative estimate of drug-likeness (QED) is 0.592. The zero-order valence-electron chi connectivity index (χ0n) is 18.2. The topological polar surface area (TPSA) is 104 Å². The number of hydrogen-bond donors (Lipinski definition) is 0. The summed E-state index contributed by atoms with van der Waals surface area (Å²) in [6.07, 6.45) is 0.342. The minimum Gasteiger partial charge on any atom is -0.481 e. The summed E-state index contributed by atoms with van der Waals surface area (Å²) in [6.45, 7) is 2.60. The van der Waals surface area contributed by atoms with Crippen LogP contribution < -0.4 is 9.04 Å². The molecule has 2 aromatic rings. The summed E-state index contributed by atoms with van der Waals surface area (Å²) in [5.41, 5.74) is 0.481. The van der Waals surface area contributed by atoms with Crippen LogP contribution in [0.5, 0.6) is 5.75 Å². The fraction of sp³-hybridized carbons (Fsp3) is 0.381. The molecular formula is C21H27N3O6S2. The second-order valence-electron chi connectivity index (χ2n) is 7.53. The van der Waals surface area contributed by atoms with Crippen molar-refractivity contribution in [2.45, 2.75) is 17.9 Å². The minimum atomic E-state index is -3.58. The van der Waals surface area contributed by atoms with Crippen LogP contribution in [0.25, 0.3) is 0 Å². The third kappa shape index (κ3) is 5.40. The summed E-state index contributed by atoms with van der Waals surface area (Å²) in [6, 6.07) is 14.6. The molecule has 0 spiro atoms. The van der Waals surface area contributed by atoms with Gasteiger partial charge in [-0.2, -0.15) is 4.31 Å². The molecule has 1 aliphatic heterocycles. The van der Waals surface area contributed by atoms with Gasteiger partial charge in [-0.15, -0.1) is 0 Å². The van der Waals surface area contributed by atoms with Crippen LogP contribution in [0.3, 0.4) is 0 Å². The number of carbonyl (C=O) groups is 1. The van der Waals surface area contributed by atoms with Crippen molar-refractivity contribution >= 4 is 31.6 Å². The first kappa shape index (κ1) is 24.0. The maximum Gasteiger partial charge on any atom is 0.263 e. The maximum atomic E-state index is 12.8. The number of amides is 1. The normalized spacial score (nSPS) is 16.4. The van der Waals surface area contributed by atoms with Crippen LogP contribution in [0.1, 0.15) is 6.92 Å². The number of nitrogens with zero attached hydrogens (tertiary/aromatic N) is 3. The van der Waals surface area contributed by atoms with E-state index in [2.05, 4.69) is 0 Å². The lowest BCUT2D eigenvalue weighted by Crippen LogP contribution is -2.53. The lowest BCUT2D eigenvalue weighted by atomic mass is 10.2. The predicted molar refractivity (Wildman–Crippen MR) is 122 cm³/mol. The molecule has 0 aliphatic carbocycles. The van der Waals surface area contributed by atoms with Gasteiger partial charge in [-0.3, -0.25) is 9.10 Å². The lowest BCUT2D eigenvalue weighted by Gasteiger charge is -2.35. The monoisotopic (exact) mass is 481 g/mol. The van der Waals surface area contributed by atoms with Crippen LogP contribution in [0.4, 0.5) is 5.69 Å². The third-order valence-corrected chi connectivity index (χ3v) is 8.41. The van der Waals surface area contributed by atoms with E-state index >= 15 is 0 Å². The molecule has 0 aromatic heterocycles. The Morgan fingerprint density at radius 1 is 0.938 bits per heavy atom. The molecule has 0 N–H and O–H groups in total. The van der Waals surface area contributed by atoms with E-state index in [-0.39, 0.29) is 37.0 Å². The second-order valence-corrected chi connectivity index (χ2v) is 11.5. The molecule has 0 bridgehead atoms. The van der Waals surface area contributed by atoms with E-state index in [0.717, 1.165) is 10.6 Å². The van der Waals surface area contributed by atoms with Crippen LogP contribution in [0, 0.1) is 0 Å². The second kappa shape index (κ2) is 9.47. The van der Waals surface area contributed by atoms with Crippen molar-refractivity contribution < 1.29 is 26.4 Å². The molecule has 0 radical (unpaired) electrons. The number of ether oxygens (including phenoxy) is 1. The van der Waals surface area contributed by atoms with Crippen molar-refractivity contribution in [2.24, 2.45) is 0 Å². The van der Waals surface area contributed by atoms with Crippen LogP contribution >= 0.6 is 0 Å². The molecule has 11 heteroatoms. The summed E-state index contributed by atoms with van der Waals surface area (Å²) in [5, 5.41) is 0. The fourth-order valence-corrected chi connectivity index (χ4v) is 5.28. The van der Waals surface area contributed by atoms with E-state index in [4.69, 9.17) is 4.74 Å². The van der Waals surface area contributed by atoms with Gasteiger partial charge in [-0.1, -0.05) is 18.2 Å². The van der Waals surface area contributed by atoms with Gasteiger partial charge >= 0.3 is 0 Å². The smallest absolute Gasteiger partial charge is 0.263 e. The number of carbonyl (C=O) groups excluding carboxylic acids is 1. The Bertz CT molecular complexity index is 1140. The maximum absolute atomic E-state index is 12.8. The van der Waals surface area contributed by atoms with E-state index in [1.165, 1.54) is 11.4 Å². The van der Waals surface area contributed by atoms with Gasteiger partial charge < -0.3 is 9.64 Å². The Kier molecular flexibility index (Phi) is 7.11. The van der Waals surface area contributed by atoms with Gasteiger partial charge in [0.15, 0.2) is 6.10 Å². The van der Waals surface area contributed by atoms with E-state index in [1.807, 2.05) is 0 Å². The van der Waals surface area contributed by atoms with Crippen LogP contribution in [0.15, 0.2) is 59.5 Å². The molecule has 3 rings (SSSR count). The van der Waals surface area contributed by atoms with Gasteiger partial charge in [-0.25, -0.2) is 16.8 Å². The molecule has 1 aliphatic rings. The van der Waals surface area contributed by atoms with Gasteiger partial charge in [0.25, 0.3) is 5.91 Å². The van der Waals surface area contributed by atoms with E-state index in [1.54, 1.807) is 66.4 Å². The number of anilines is 1. The number of piperazine rings is 1. The number of rotatable bonds is 7. The number of sulfonamides is 2. The molecule has 2 aromatic carbocycles. The Morgan fingerprint density at radius 2 is 1.50 bits per heavy atom. The van der Waals surface area contributed by atoms with Gasteiger partial charge in [0.2, 0.25) is 20.0 Å². The summed E-state index contributed by atoms with van der Waals surface area (Å²) in [7, 11) is -5.50. The summed E-state index contributed by atoms with van der Waals surface area (Å²) < 4.78 is 57.0. The van der Waals surface area contributed by atoms with E-state index < -0.39 is 26.2 Å². The zero-order chi connectivity index (χ0) is 23.5. The van der Waals surface area contributed by atoms with Crippen LogP contribution in [-0.4, -0.2) is 77.5 Å². The number of hydrogen-bond acceptors (Lipinski definition) is 6. The minimum absolute atomic E-state index is 0.211. The highest BCUT2D eigenvalue weighted by molar-refractivity contribution is 7.92. The van der Waals surface area contributed by atoms with Gasteiger partial charge in [0.1, 0.15) is 5.75 Å². The van der Waals surface area contributed by atoms with Gasteiger partial charge in [-0.05, 0) is 43.3 Å². The van der Waals surface area contributed by atoms with Crippen LogP contribution in [0.2, 0.25) is 0 Å². The number of benzene rings is 2. The average Bonchev–Trinajstić information content (AvgIpc) is 2.78. The van der Waals surface area contributed by atoms with Crippen molar-refractivity contribution in [2.75, 3.05) is 43.8 Å². The first-order chi connectivity index (χ1) is 15.0. The Hall–Kier alpha value is -2.63. The molecule has 32 heavy (non-hydrogen) atoms. The first-order valence-electron chi connectivity index (χ1n) is 10.0. The molecule has 174 valence electrons. The van der Waals surface area contributed by atoms with Crippen LogP contribution in [-0.2, 0) is 24.8 Å². The highest BCUT2D eigenvalue weighted by atomic mass is 32.2. The summed E-state index contributed by atoms with van der Waals surface area (Å²) in [4.78, 5) is 14.6. The predicted octanol–water partition coefficient (Wildman–Crippen LogP) is 1.38. The zero-order valence-corrected chi connectivity index (χ0v) is 19.8. The highest BCUT2D eigenvalue weighted by Gasteiger charge is 2.32. The van der Waals surface area contributed by atoms with Crippen molar-refractivity contribution in [3.8, 4) is 5.75 Å². The molecule has 0 saturated carbocycles. The molecule has 1 unspecified atom stereocenters. The molecule has 1 heterocycles. The van der Waals surface area contributed by atoms with E-state index in [0.29, 0.717) is 11.4 Å². The average molecular weight is 482 g/mol. The van der Waals surface area contributed by atoms with Crippen molar-refractivity contribution in [1.29, 1.82) is 0 Å². The summed E-state index contributed by atoms with van der Waals surface area (Å²) >= 11 is 0. The molecule has 1 saturated heterocycles. The largest absolute Gasteiger partial charge is 0.481 e. The summed E-state index contributed by atoms with van der Waals surface area (Å²) in [5.74, 6) is 0.195. The SMILES string of the molecule is CC(Oc1ccc(N(C)S(C)(=O)=O)cc1)C(=O)N1CCN(S(=O)(=O)c2ccccc2)CC1. The molecule has 1 amide bonds. The molecule has 9 nitrogen and oxygen atoms in total. The molecule has 1 atom stereocenters. The fourth-order valence-electron chi connectivity index (χ4n) is 3.33. The highest BCUT2D eigenvalue weighted by Crippen LogP contribution is 2.22. The molecular weight excluding hydrogens is 454 g/mol. The van der Waals surface area contributed by atoms with Crippen molar-refractivity contribution in [3.63, 3.8) is 0 Å². The molecule has 1 fully saturated rings. The third-order valence-electron chi connectivity index (χ3n) is 5.29. The lowest BCUT2D eigenvalue weighted by molar-refractivity contribution is -0.139. The van der Waals surface area contributed by atoms with Gasteiger partial charge in [0, 0.05) is 33.2 Å². The van der Waals surface area contributed by atoms with E-state index in [9.17, 15) is 21.6 Å². The standard InChI is InChI=1S/C21H27N3O6S2/c1-17(30-19-11-9-18(10-12-19)22(2)31(3,26)27)21(25)23-13-15-24(16-14-23)32(28,29)20-7-5-4-6-8-20/h4-12,17H,13-16H2,1-3H3. The van der Waals surface area contributed by atoms with Crippen molar-refractivity contribution in [1.82, 2.24) is 9.21 Å². The first-order valence-corrected chi connectivity index (χ1v) is 13.3.